The molecule has 2 aromatic carbocycles. The third-order valence-electron chi connectivity index (χ3n) is 3.78. The van der Waals surface area contributed by atoms with E-state index in [1.165, 1.54) is 50.4 Å². The summed E-state index contributed by atoms with van der Waals surface area (Å²) in [6.07, 6.45) is 0. The maximum Gasteiger partial charge on any atom is 0.244 e. The molecule has 0 aromatic heterocycles. The van der Waals surface area contributed by atoms with Gasteiger partial charge < -0.3 is 10.1 Å². The van der Waals surface area contributed by atoms with Crippen molar-refractivity contribution in [2.24, 2.45) is 5.14 Å². The zero-order valence-electron chi connectivity index (χ0n) is 15.5. The van der Waals surface area contributed by atoms with Crippen molar-refractivity contribution in [3.63, 3.8) is 0 Å². The van der Waals surface area contributed by atoms with Gasteiger partial charge in [0.25, 0.3) is 0 Å². The van der Waals surface area contributed by atoms with Crippen LogP contribution < -0.4 is 19.9 Å². The van der Waals surface area contributed by atoms with Crippen molar-refractivity contribution in [1.29, 1.82) is 0 Å². The molecule has 4 N–H and O–H groups in total. The molecule has 28 heavy (non-hydrogen) atoms. The zero-order chi connectivity index (χ0) is 21.1. The van der Waals surface area contributed by atoms with Gasteiger partial charge in [0.15, 0.2) is 0 Å². The Kier molecular flexibility index (Phi) is 6.44. The molecule has 0 aliphatic heterocycles. The number of nitrogens with two attached hydrogens (primary N) is 1. The molecular formula is C17H21N3O6S2. The number of hydrogen-bond donors (Lipinski definition) is 3. The Bertz CT molecular complexity index is 1080. The van der Waals surface area contributed by atoms with Gasteiger partial charge in [0.1, 0.15) is 10.6 Å². The molecule has 0 aliphatic rings. The van der Waals surface area contributed by atoms with Gasteiger partial charge in [0, 0.05) is 5.69 Å². The third kappa shape index (κ3) is 5.29. The van der Waals surface area contributed by atoms with Crippen molar-refractivity contribution < 1.29 is 26.4 Å². The normalized spacial score (nSPS) is 13.0. The van der Waals surface area contributed by atoms with Gasteiger partial charge in [0.05, 0.1) is 18.0 Å². The average Bonchev–Trinajstić information content (AvgIpc) is 2.61. The first-order chi connectivity index (χ1) is 12.9. The average molecular weight is 428 g/mol. The summed E-state index contributed by atoms with van der Waals surface area (Å²) >= 11 is 0. The molecule has 0 unspecified atom stereocenters. The van der Waals surface area contributed by atoms with Crippen LogP contribution in [0.2, 0.25) is 0 Å². The summed E-state index contributed by atoms with van der Waals surface area (Å²) in [5, 5.41) is 7.51. The predicted octanol–water partition coefficient (Wildman–Crippen LogP) is 0.957. The summed E-state index contributed by atoms with van der Waals surface area (Å²) < 4.78 is 55.1. The number of methoxy groups -OCH3 is 1. The lowest BCUT2D eigenvalue weighted by molar-refractivity contribution is -0.117. The fraction of sp³-hybridized carbons (Fsp3) is 0.235. The van der Waals surface area contributed by atoms with E-state index in [2.05, 4.69) is 10.0 Å². The van der Waals surface area contributed by atoms with E-state index in [0.29, 0.717) is 5.56 Å². The number of amides is 1. The van der Waals surface area contributed by atoms with Gasteiger partial charge in [0.2, 0.25) is 26.0 Å². The van der Waals surface area contributed by atoms with Crippen LogP contribution in [-0.4, -0.2) is 35.9 Å². The second kappa shape index (κ2) is 8.27. The minimum atomic E-state index is -4.02. The van der Waals surface area contributed by atoms with Gasteiger partial charge >= 0.3 is 0 Å². The van der Waals surface area contributed by atoms with Crippen LogP contribution in [0.3, 0.4) is 0 Å². The van der Waals surface area contributed by atoms with E-state index in [-0.39, 0.29) is 21.2 Å². The first-order valence-corrected chi connectivity index (χ1v) is 11.1. The summed E-state index contributed by atoms with van der Waals surface area (Å²) in [6.45, 7) is 3.12. The van der Waals surface area contributed by atoms with Crippen molar-refractivity contribution in [1.82, 2.24) is 4.72 Å². The van der Waals surface area contributed by atoms with Gasteiger partial charge in [-0.15, -0.1) is 0 Å². The summed E-state index contributed by atoms with van der Waals surface area (Å²) in [5.74, 6) is -0.470. The van der Waals surface area contributed by atoms with E-state index in [1.807, 2.05) is 0 Å². The lowest BCUT2D eigenvalue weighted by Gasteiger charge is -2.16. The fourth-order valence-corrected chi connectivity index (χ4v) is 4.29. The fourth-order valence-electron chi connectivity index (χ4n) is 2.32. The zero-order valence-corrected chi connectivity index (χ0v) is 17.1. The molecule has 11 heteroatoms. The molecule has 0 bridgehead atoms. The summed E-state index contributed by atoms with van der Waals surface area (Å²) in [5.41, 5.74) is 1.00. The first kappa shape index (κ1) is 21.8. The van der Waals surface area contributed by atoms with E-state index in [9.17, 15) is 21.6 Å². The van der Waals surface area contributed by atoms with E-state index in [0.717, 1.165) is 0 Å². The lowest BCUT2D eigenvalue weighted by Crippen LogP contribution is -2.41. The maximum absolute atomic E-state index is 12.6. The molecule has 0 radical (unpaired) electrons. The number of nitrogens with one attached hydrogen (secondary N) is 2. The highest BCUT2D eigenvalue weighted by Crippen LogP contribution is 2.24. The van der Waals surface area contributed by atoms with Crippen molar-refractivity contribution >= 4 is 31.6 Å². The Morgan fingerprint density at radius 1 is 1.07 bits per heavy atom. The second-order valence-electron chi connectivity index (χ2n) is 6.06. The summed E-state index contributed by atoms with van der Waals surface area (Å²) in [7, 11) is -6.51. The molecule has 0 heterocycles. The van der Waals surface area contributed by atoms with Crippen LogP contribution in [0.25, 0.3) is 0 Å². The van der Waals surface area contributed by atoms with E-state index in [1.54, 1.807) is 13.0 Å². The van der Waals surface area contributed by atoms with Crippen LogP contribution in [-0.2, 0) is 24.8 Å². The molecule has 0 saturated carbocycles. The standard InChI is InChI=1S/C17H21N3O6S2/c1-11-4-9-15(26-3)16(10-11)28(24,25)20-12(2)17(21)19-13-5-7-14(8-6-13)27(18,22)23/h4-10,12,20H,1-3H3,(H,19,21)(H2,18,22,23)/t12-/m0/s1. The van der Waals surface area contributed by atoms with Crippen molar-refractivity contribution in [2.45, 2.75) is 29.7 Å². The Hall–Kier alpha value is -2.47. The quantitative estimate of drug-likeness (QED) is 0.600. The summed E-state index contributed by atoms with van der Waals surface area (Å²) in [4.78, 5) is 12.1. The van der Waals surface area contributed by atoms with Crippen LogP contribution in [0, 0.1) is 6.92 Å². The molecule has 0 aliphatic carbocycles. The Labute approximate surface area is 164 Å². The van der Waals surface area contributed by atoms with Crippen molar-refractivity contribution in [3.05, 3.63) is 48.0 Å². The second-order valence-corrected chi connectivity index (χ2v) is 9.30. The van der Waals surface area contributed by atoms with E-state index >= 15 is 0 Å². The van der Waals surface area contributed by atoms with Crippen LogP contribution in [0.4, 0.5) is 5.69 Å². The molecule has 0 saturated heterocycles. The van der Waals surface area contributed by atoms with Crippen LogP contribution >= 0.6 is 0 Å². The molecule has 152 valence electrons. The number of aryl methyl sites for hydroxylation is 1. The highest BCUT2D eigenvalue weighted by atomic mass is 32.2. The predicted molar refractivity (Wildman–Crippen MR) is 104 cm³/mol. The number of ether oxygens (including phenoxy) is 1. The van der Waals surface area contributed by atoms with Gasteiger partial charge in [-0.1, -0.05) is 6.07 Å². The molecule has 0 fully saturated rings. The van der Waals surface area contributed by atoms with Gasteiger partial charge in [-0.2, -0.15) is 4.72 Å². The monoisotopic (exact) mass is 427 g/mol. The maximum atomic E-state index is 12.6. The van der Waals surface area contributed by atoms with Crippen LogP contribution in [0.15, 0.2) is 52.3 Å². The number of carbonyl (C=O) groups is 1. The number of rotatable bonds is 7. The van der Waals surface area contributed by atoms with Crippen molar-refractivity contribution in [3.8, 4) is 5.75 Å². The number of benzene rings is 2. The number of primary sulfonamides is 1. The highest BCUT2D eigenvalue weighted by molar-refractivity contribution is 7.89. The minimum Gasteiger partial charge on any atom is -0.495 e. The van der Waals surface area contributed by atoms with Gasteiger partial charge in [-0.05, 0) is 55.8 Å². The molecular weight excluding hydrogens is 406 g/mol. The van der Waals surface area contributed by atoms with Crippen molar-refractivity contribution in [2.75, 3.05) is 12.4 Å². The largest absolute Gasteiger partial charge is 0.495 e. The number of anilines is 1. The topological polar surface area (TPSA) is 145 Å². The number of carbonyl (C=O) groups excluding carboxylic acids is 1. The molecule has 2 aromatic rings. The highest BCUT2D eigenvalue weighted by Gasteiger charge is 2.25. The SMILES string of the molecule is COc1ccc(C)cc1S(=O)(=O)N[C@@H](C)C(=O)Nc1ccc(S(N)(=O)=O)cc1. The van der Waals surface area contributed by atoms with Gasteiger partial charge in [-0.25, -0.2) is 22.0 Å². The van der Waals surface area contributed by atoms with E-state index in [4.69, 9.17) is 9.88 Å². The Morgan fingerprint density at radius 2 is 1.68 bits per heavy atom. The minimum absolute atomic E-state index is 0.0767. The third-order valence-corrected chi connectivity index (χ3v) is 6.28. The molecule has 1 atom stereocenters. The van der Waals surface area contributed by atoms with Crippen LogP contribution in [0.5, 0.6) is 5.75 Å². The smallest absolute Gasteiger partial charge is 0.244 e. The van der Waals surface area contributed by atoms with E-state index < -0.39 is 32.0 Å². The van der Waals surface area contributed by atoms with Gasteiger partial charge in [-0.3, -0.25) is 4.79 Å². The van der Waals surface area contributed by atoms with Crippen LogP contribution in [0.1, 0.15) is 12.5 Å². The molecule has 0 spiro atoms. The number of hydrogen-bond acceptors (Lipinski definition) is 6. The molecule has 1 amide bonds. The first-order valence-electron chi connectivity index (χ1n) is 8.05. The Balaban J connectivity index is 2.14. The lowest BCUT2D eigenvalue weighted by atomic mass is 10.2. The molecule has 2 rings (SSSR count). The molecule has 9 nitrogen and oxygen atoms in total. The number of sulfonamides is 2. The Morgan fingerprint density at radius 3 is 2.21 bits per heavy atom. The summed E-state index contributed by atoms with van der Waals surface area (Å²) in [6, 6.07) is 8.74.